The van der Waals surface area contributed by atoms with Crippen LogP contribution < -0.4 is 9.47 Å². The van der Waals surface area contributed by atoms with Crippen molar-refractivity contribution < 1.29 is 24.1 Å². The molecule has 0 fully saturated rings. The van der Waals surface area contributed by atoms with E-state index in [2.05, 4.69) is 0 Å². The van der Waals surface area contributed by atoms with Crippen molar-refractivity contribution in [1.29, 1.82) is 0 Å². The molecule has 0 aliphatic rings. The van der Waals surface area contributed by atoms with Gasteiger partial charge >= 0.3 is 5.97 Å². The summed E-state index contributed by atoms with van der Waals surface area (Å²) >= 11 is 23.5. The molecule has 2 aromatic carbocycles. The lowest BCUT2D eigenvalue weighted by Gasteiger charge is -2.14. The topological polar surface area (TPSA) is 65.0 Å². The van der Waals surface area contributed by atoms with E-state index in [1.807, 2.05) is 0 Å². The summed E-state index contributed by atoms with van der Waals surface area (Å²) in [6, 6.07) is 10.0. The molecule has 29 heavy (non-hydrogen) atoms. The van der Waals surface area contributed by atoms with Crippen molar-refractivity contribution in [2.24, 2.45) is 0 Å². The molecule has 9 heteroatoms. The van der Waals surface area contributed by atoms with Gasteiger partial charge in [-0.15, -0.1) is 0 Å². The lowest BCUT2D eigenvalue weighted by atomic mass is 10.0. The first-order valence-corrected chi connectivity index (χ1v) is 9.65. The van der Waals surface area contributed by atoms with Gasteiger partial charge in [0.1, 0.15) is 29.0 Å². The third-order valence-corrected chi connectivity index (χ3v) is 4.48. The summed E-state index contributed by atoms with van der Waals surface area (Å²) in [5.41, 5.74) is 1.13. The van der Waals surface area contributed by atoms with Crippen LogP contribution in [0.5, 0.6) is 11.5 Å². The molecule has 0 heterocycles. The zero-order chi connectivity index (χ0) is 21.4. The first-order valence-electron chi connectivity index (χ1n) is 8.13. The summed E-state index contributed by atoms with van der Waals surface area (Å²) in [5, 5.41) is 9.90. The number of carbonyl (C=O) groups is 1. The van der Waals surface area contributed by atoms with Gasteiger partial charge < -0.3 is 19.3 Å². The summed E-state index contributed by atoms with van der Waals surface area (Å²) < 4.78 is 16.2. The zero-order valence-corrected chi connectivity index (χ0v) is 18.1. The number of hydrogen-bond acceptors (Lipinski definition) is 4. The van der Waals surface area contributed by atoms with Crippen LogP contribution in [0.1, 0.15) is 11.1 Å². The first-order chi connectivity index (χ1) is 13.8. The van der Waals surface area contributed by atoms with Crippen molar-refractivity contribution in [3.05, 3.63) is 74.4 Å². The highest BCUT2D eigenvalue weighted by Crippen LogP contribution is 2.37. The third-order valence-electron chi connectivity index (χ3n) is 3.61. The van der Waals surface area contributed by atoms with Crippen LogP contribution in [0.15, 0.2) is 53.2 Å². The molecule has 0 radical (unpaired) electrons. The van der Waals surface area contributed by atoms with E-state index in [1.54, 1.807) is 36.4 Å². The van der Waals surface area contributed by atoms with Crippen molar-refractivity contribution >= 4 is 57.9 Å². The summed E-state index contributed by atoms with van der Waals surface area (Å²) in [4.78, 5) is 11.5. The van der Waals surface area contributed by atoms with E-state index in [4.69, 9.17) is 60.6 Å². The molecule has 0 spiro atoms. The van der Waals surface area contributed by atoms with Crippen molar-refractivity contribution in [2.75, 3.05) is 13.7 Å². The maximum absolute atomic E-state index is 11.5. The summed E-state index contributed by atoms with van der Waals surface area (Å²) in [6.45, 7) is 0.182. The van der Waals surface area contributed by atoms with Gasteiger partial charge in [-0.2, -0.15) is 0 Å². The van der Waals surface area contributed by atoms with Crippen molar-refractivity contribution in [1.82, 2.24) is 0 Å². The maximum atomic E-state index is 11.5. The molecule has 2 rings (SSSR count). The molecule has 0 aliphatic carbocycles. The number of ether oxygens (including phenoxy) is 3. The maximum Gasteiger partial charge on any atom is 0.339 e. The van der Waals surface area contributed by atoms with Crippen LogP contribution in [0, 0.1) is 0 Å². The number of halogens is 4. The second kappa shape index (κ2) is 11.2. The molecule has 0 unspecified atom stereocenters. The third kappa shape index (κ3) is 6.75. The quantitative estimate of drug-likeness (QED) is 0.337. The Kier molecular flexibility index (Phi) is 8.99. The van der Waals surface area contributed by atoms with Crippen LogP contribution in [-0.2, 0) is 16.1 Å². The molecule has 0 saturated carbocycles. The highest BCUT2D eigenvalue weighted by Gasteiger charge is 2.16. The molecular weight excluding hydrogens is 462 g/mol. The fourth-order valence-electron chi connectivity index (χ4n) is 2.36. The van der Waals surface area contributed by atoms with Crippen LogP contribution in [0.3, 0.4) is 0 Å². The van der Waals surface area contributed by atoms with E-state index < -0.39 is 5.97 Å². The summed E-state index contributed by atoms with van der Waals surface area (Å²) in [7, 11) is 1.38. The summed E-state index contributed by atoms with van der Waals surface area (Å²) in [5.74, 6) is -0.457. The van der Waals surface area contributed by atoms with Crippen molar-refractivity contribution in [3.63, 3.8) is 0 Å². The Morgan fingerprint density at radius 2 is 1.76 bits per heavy atom. The lowest BCUT2D eigenvalue weighted by Crippen LogP contribution is -2.06. The number of hydrogen-bond donors (Lipinski definition) is 1. The van der Waals surface area contributed by atoms with E-state index in [9.17, 15) is 9.90 Å². The molecule has 0 atom stereocenters. The number of carboxylic acid groups (broad SMARTS) is 1. The molecular formula is C20H16Cl4O5. The molecule has 154 valence electrons. The monoisotopic (exact) mass is 476 g/mol. The van der Waals surface area contributed by atoms with Gasteiger partial charge in [-0.1, -0.05) is 70.7 Å². The molecule has 0 bridgehead atoms. The second-order valence-corrected chi connectivity index (χ2v) is 7.36. The minimum Gasteiger partial charge on any atom is -0.503 e. The lowest BCUT2D eigenvalue weighted by molar-refractivity contribution is -0.130. The number of carboxylic acids is 1. The average molecular weight is 478 g/mol. The van der Waals surface area contributed by atoms with Crippen LogP contribution in [0.2, 0.25) is 10.0 Å². The van der Waals surface area contributed by atoms with E-state index in [1.165, 1.54) is 19.4 Å². The smallest absolute Gasteiger partial charge is 0.339 e. The largest absolute Gasteiger partial charge is 0.503 e. The Labute approximate surface area is 188 Å². The Balaban J connectivity index is 2.20. The number of rotatable bonds is 9. The fourth-order valence-corrected chi connectivity index (χ4v) is 3.06. The predicted octanol–water partition coefficient (Wildman–Crippen LogP) is 6.34. The standard InChI is InChI=1S/C20H16Cl4O5/c1-27-11-15(20(25)26)14-5-3-2-4-12(14)10-29-13-8-16(21)19(17(22)9-13)28-7-6-18(23)24/h2-6,8-9,11H,7,10H2,1H3,(H,25,26)/b15-11+. The fraction of sp³-hybridized carbons (Fsp3) is 0.150. The second-order valence-electron chi connectivity index (χ2n) is 5.54. The van der Waals surface area contributed by atoms with E-state index in [0.717, 1.165) is 0 Å². The number of benzene rings is 2. The predicted molar refractivity (Wildman–Crippen MR) is 115 cm³/mol. The molecule has 1 N–H and O–H groups in total. The van der Waals surface area contributed by atoms with Gasteiger partial charge in [0.05, 0.1) is 23.4 Å². The molecule has 0 saturated heterocycles. The average Bonchev–Trinajstić information content (AvgIpc) is 2.66. The minimum atomic E-state index is -1.11. The normalized spacial score (nSPS) is 11.0. The van der Waals surface area contributed by atoms with Gasteiger partial charge in [0.15, 0.2) is 5.75 Å². The first kappa shape index (κ1) is 23.2. The van der Waals surface area contributed by atoms with Gasteiger partial charge in [0.25, 0.3) is 0 Å². The molecule has 0 aliphatic heterocycles. The van der Waals surface area contributed by atoms with Crippen molar-refractivity contribution in [3.8, 4) is 11.5 Å². The van der Waals surface area contributed by atoms with Gasteiger partial charge in [-0.25, -0.2) is 4.79 Å². The summed E-state index contributed by atoms with van der Waals surface area (Å²) in [6.07, 6.45) is 2.62. The Morgan fingerprint density at radius 1 is 1.10 bits per heavy atom. The zero-order valence-electron chi connectivity index (χ0n) is 15.1. The highest BCUT2D eigenvalue weighted by atomic mass is 35.5. The van der Waals surface area contributed by atoms with Gasteiger partial charge in [0, 0.05) is 12.1 Å². The van der Waals surface area contributed by atoms with E-state index in [0.29, 0.717) is 16.9 Å². The number of aliphatic carboxylic acids is 1. The van der Waals surface area contributed by atoms with Crippen LogP contribution in [-0.4, -0.2) is 24.8 Å². The molecule has 0 aromatic heterocycles. The van der Waals surface area contributed by atoms with Crippen LogP contribution in [0.25, 0.3) is 5.57 Å². The highest BCUT2D eigenvalue weighted by molar-refractivity contribution is 6.55. The van der Waals surface area contributed by atoms with Gasteiger partial charge in [-0.3, -0.25) is 0 Å². The number of methoxy groups -OCH3 is 1. The Morgan fingerprint density at radius 3 is 2.34 bits per heavy atom. The van der Waals surface area contributed by atoms with Crippen LogP contribution in [0.4, 0.5) is 0 Å². The Hall–Kier alpha value is -2.05. The van der Waals surface area contributed by atoms with Crippen LogP contribution >= 0.6 is 46.4 Å². The molecule has 5 nitrogen and oxygen atoms in total. The molecule has 0 amide bonds. The SMILES string of the molecule is CO/C=C(/C(=O)O)c1ccccc1COc1cc(Cl)c(OCC=C(Cl)Cl)c(Cl)c1. The van der Waals surface area contributed by atoms with Crippen molar-refractivity contribution in [2.45, 2.75) is 6.61 Å². The Bertz CT molecular complexity index is 913. The molecule has 2 aromatic rings. The van der Waals surface area contributed by atoms with Gasteiger partial charge in [-0.05, 0) is 17.2 Å². The van der Waals surface area contributed by atoms with E-state index in [-0.39, 0.29) is 39.1 Å². The van der Waals surface area contributed by atoms with E-state index >= 15 is 0 Å². The van der Waals surface area contributed by atoms with Gasteiger partial charge in [0.2, 0.25) is 0 Å². The minimum absolute atomic E-state index is 0.0116.